The smallest absolute Gasteiger partial charge is 0.338 e. The van der Waals surface area contributed by atoms with Gasteiger partial charge in [0.1, 0.15) is 11.8 Å². The maximum absolute atomic E-state index is 12.9. The zero-order valence-corrected chi connectivity index (χ0v) is 23.1. The average Bonchev–Trinajstić information content (AvgIpc) is 3.33. The van der Waals surface area contributed by atoms with Gasteiger partial charge in [-0.05, 0) is 82.9 Å². The van der Waals surface area contributed by atoms with Crippen molar-refractivity contribution in [3.8, 4) is 6.07 Å². The predicted molar refractivity (Wildman–Crippen MR) is 143 cm³/mol. The Bertz CT molecular complexity index is 1300. The van der Waals surface area contributed by atoms with E-state index in [0.717, 1.165) is 36.2 Å². The van der Waals surface area contributed by atoms with Crippen LogP contribution in [-0.2, 0) is 14.3 Å². The number of aromatic nitrogens is 3. The number of imidazole rings is 1. The summed E-state index contributed by atoms with van der Waals surface area (Å²) in [4.78, 5) is 37.6. The molecular formula is C29H37N5O4. The third-order valence-corrected chi connectivity index (χ3v) is 7.35. The lowest BCUT2D eigenvalue weighted by atomic mass is 9.77. The summed E-state index contributed by atoms with van der Waals surface area (Å²) in [5.41, 5.74) is 2.03. The highest BCUT2D eigenvalue weighted by Crippen LogP contribution is 2.45. The number of amides is 1. The fourth-order valence-corrected chi connectivity index (χ4v) is 5.46. The van der Waals surface area contributed by atoms with Crippen molar-refractivity contribution >= 4 is 23.1 Å². The Hall–Kier alpha value is -3.51. The third-order valence-electron chi connectivity index (χ3n) is 7.35. The highest BCUT2D eigenvalue weighted by atomic mass is 16.6. The number of nitrogens with one attached hydrogen (secondary N) is 2. The minimum Gasteiger partial charge on any atom is -0.464 e. The lowest BCUT2D eigenvalue weighted by Crippen LogP contribution is -2.52. The summed E-state index contributed by atoms with van der Waals surface area (Å²) in [5, 5.41) is 12.0. The van der Waals surface area contributed by atoms with Gasteiger partial charge in [-0.15, -0.1) is 0 Å². The number of rotatable bonds is 6. The van der Waals surface area contributed by atoms with Gasteiger partial charge in [0.25, 0.3) is 5.91 Å². The van der Waals surface area contributed by atoms with Crippen LogP contribution in [0.25, 0.3) is 5.57 Å². The first kappa shape index (κ1) is 27.5. The normalized spacial score (nSPS) is 24.1. The van der Waals surface area contributed by atoms with Crippen LogP contribution in [0.5, 0.6) is 0 Å². The summed E-state index contributed by atoms with van der Waals surface area (Å²) in [7, 11) is 0. The van der Waals surface area contributed by atoms with Crippen LogP contribution >= 0.6 is 0 Å². The van der Waals surface area contributed by atoms with Crippen LogP contribution in [0.15, 0.2) is 24.4 Å². The molecule has 9 heteroatoms. The molecule has 202 valence electrons. The maximum atomic E-state index is 12.9. The predicted octanol–water partition coefficient (Wildman–Crippen LogP) is 5.52. The van der Waals surface area contributed by atoms with Crippen LogP contribution in [-0.4, -0.2) is 44.6 Å². The molecule has 2 atom stereocenters. The number of nitriles is 1. The molecule has 1 aliphatic carbocycles. The van der Waals surface area contributed by atoms with E-state index in [1.165, 1.54) is 6.20 Å². The number of ether oxygens (including phenoxy) is 2. The van der Waals surface area contributed by atoms with Gasteiger partial charge < -0.3 is 19.8 Å². The molecule has 2 N–H and O–H groups in total. The lowest BCUT2D eigenvalue weighted by molar-refractivity contribution is -0.205. The average molecular weight is 520 g/mol. The van der Waals surface area contributed by atoms with E-state index in [1.807, 2.05) is 32.0 Å². The number of pyridine rings is 1. The number of hydrogen-bond acceptors (Lipinski definition) is 7. The molecule has 0 spiro atoms. The van der Waals surface area contributed by atoms with Gasteiger partial charge >= 0.3 is 5.97 Å². The molecule has 9 nitrogen and oxygen atoms in total. The Morgan fingerprint density at radius 3 is 2.63 bits per heavy atom. The molecule has 0 aromatic carbocycles. The van der Waals surface area contributed by atoms with Crippen LogP contribution < -0.4 is 5.32 Å². The van der Waals surface area contributed by atoms with Crippen molar-refractivity contribution in [3.05, 3.63) is 47.3 Å². The fraction of sp³-hybridized carbons (Fsp3) is 0.552. The molecule has 1 aliphatic heterocycles. The van der Waals surface area contributed by atoms with E-state index < -0.39 is 17.1 Å². The molecule has 0 radical (unpaired) electrons. The summed E-state index contributed by atoms with van der Waals surface area (Å²) in [5.74, 6) is -0.789. The number of anilines is 1. The second-order valence-corrected chi connectivity index (χ2v) is 11.9. The summed E-state index contributed by atoms with van der Waals surface area (Å²) in [6, 6.07) is 5.73. The van der Waals surface area contributed by atoms with Crippen molar-refractivity contribution < 1.29 is 19.1 Å². The van der Waals surface area contributed by atoms with Crippen molar-refractivity contribution in [2.24, 2.45) is 5.41 Å². The van der Waals surface area contributed by atoms with Crippen LogP contribution in [0.3, 0.4) is 0 Å². The van der Waals surface area contributed by atoms with Gasteiger partial charge in [0.2, 0.25) is 0 Å². The monoisotopic (exact) mass is 519 g/mol. The number of hydrogen-bond donors (Lipinski definition) is 2. The first-order valence-corrected chi connectivity index (χ1v) is 13.2. The van der Waals surface area contributed by atoms with Gasteiger partial charge in [0, 0.05) is 11.6 Å². The van der Waals surface area contributed by atoms with E-state index in [4.69, 9.17) is 19.7 Å². The van der Waals surface area contributed by atoms with E-state index in [2.05, 4.69) is 35.2 Å². The van der Waals surface area contributed by atoms with Crippen molar-refractivity contribution in [1.29, 1.82) is 5.26 Å². The molecule has 2 aromatic rings. The zero-order chi connectivity index (χ0) is 27.7. The van der Waals surface area contributed by atoms with Crippen molar-refractivity contribution in [2.75, 3.05) is 11.9 Å². The van der Waals surface area contributed by atoms with Gasteiger partial charge in [-0.25, -0.2) is 9.78 Å². The summed E-state index contributed by atoms with van der Waals surface area (Å²) >= 11 is 0. The van der Waals surface area contributed by atoms with E-state index in [1.54, 1.807) is 13.8 Å². The topological polar surface area (TPSA) is 130 Å². The minimum absolute atomic E-state index is 0.0412. The van der Waals surface area contributed by atoms with E-state index in [-0.39, 0.29) is 35.4 Å². The van der Waals surface area contributed by atoms with E-state index in [9.17, 15) is 9.59 Å². The zero-order valence-electron chi connectivity index (χ0n) is 23.1. The SMILES string of the molecule is CCOC(=O)C1(C)CC(c2ccc(NC(=O)c3ncc(C#N)[nH]3)c(C3=CCC(C)(C)CC3)n2)CC(C)(C)O1. The van der Waals surface area contributed by atoms with Gasteiger partial charge in [-0.2, -0.15) is 5.26 Å². The number of esters is 1. The van der Waals surface area contributed by atoms with Crippen LogP contribution in [0.4, 0.5) is 5.69 Å². The van der Waals surface area contributed by atoms with Gasteiger partial charge in [0.05, 0.1) is 29.8 Å². The Labute approximate surface area is 224 Å². The molecule has 2 aromatic heterocycles. The van der Waals surface area contributed by atoms with Crippen LogP contribution in [0, 0.1) is 16.7 Å². The number of allylic oxidation sites excluding steroid dienone is 2. The summed E-state index contributed by atoms with van der Waals surface area (Å²) in [6.07, 6.45) is 7.44. The maximum Gasteiger partial charge on any atom is 0.338 e. The highest BCUT2D eigenvalue weighted by molar-refractivity contribution is 6.03. The molecule has 0 saturated carbocycles. The summed E-state index contributed by atoms with van der Waals surface area (Å²) in [6.45, 7) is 12.3. The second kappa shape index (κ2) is 10.3. The Morgan fingerprint density at radius 1 is 1.24 bits per heavy atom. The minimum atomic E-state index is -1.08. The molecule has 4 rings (SSSR count). The molecule has 1 amide bonds. The standard InChI is InChI=1S/C29H37N5O4/c1-7-37-26(36)29(6)15-19(14-28(4,5)38-29)21-8-9-22(34-25(35)24-31-17-20(16-30)32-24)23(33-21)18-10-12-27(2,3)13-11-18/h8-10,17,19H,7,11-15H2,1-6H3,(H,31,32)(H,34,35). The molecule has 2 unspecified atom stereocenters. The molecule has 1 saturated heterocycles. The van der Waals surface area contributed by atoms with Crippen LogP contribution in [0.1, 0.15) is 107 Å². The molecule has 0 bridgehead atoms. The van der Waals surface area contributed by atoms with Crippen molar-refractivity contribution in [3.63, 3.8) is 0 Å². The molecule has 38 heavy (non-hydrogen) atoms. The largest absolute Gasteiger partial charge is 0.464 e. The van der Waals surface area contributed by atoms with E-state index >= 15 is 0 Å². The lowest BCUT2D eigenvalue weighted by Gasteiger charge is -2.45. The number of nitrogens with zero attached hydrogens (tertiary/aromatic N) is 3. The number of H-pyrrole nitrogens is 1. The Kier molecular flexibility index (Phi) is 7.48. The third kappa shape index (κ3) is 5.97. The molecule has 1 fully saturated rings. The molecule has 2 aliphatic rings. The Balaban J connectivity index is 1.70. The first-order chi connectivity index (χ1) is 17.8. The quantitative estimate of drug-likeness (QED) is 0.481. The number of carbonyl (C=O) groups excluding carboxylic acids is 2. The number of carbonyl (C=O) groups is 2. The summed E-state index contributed by atoms with van der Waals surface area (Å²) < 4.78 is 11.6. The fourth-order valence-electron chi connectivity index (χ4n) is 5.46. The van der Waals surface area contributed by atoms with Gasteiger partial charge in [-0.1, -0.05) is 19.9 Å². The molecule has 3 heterocycles. The van der Waals surface area contributed by atoms with E-state index in [0.29, 0.717) is 18.5 Å². The number of aromatic amines is 1. The van der Waals surface area contributed by atoms with Gasteiger partial charge in [0.15, 0.2) is 11.4 Å². The van der Waals surface area contributed by atoms with Crippen LogP contribution in [0.2, 0.25) is 0 Å². The second-order valence-electron chi connectivity index (χ2n) is 11.9. The Morgan fingerprint density at radius 2 is 2.00 bits per heavy atom. The van der Waals surface area contributed by atoms with Crippen molar-refractivity contribution in [1.82, 2.24) is 15.0 Å². The highest BCUT2D eigenvalue weighted by Gasteiger charge is 2.48. The first-order valence-electron chi connectivity index (χ1n) is 13.2. The van der Waals surface area contributed by atoms with Crippen molar-refractivity contribution in [2.45, 2.75) is 90.8 Å². The molecular weight excluding hydrogens is 482 g/mol. The van der Waals surface area contributed by atoms with Gasteiger partial charge in [-0.3, -0.25) is 9.78 Å².